The Hall–Kier alpha value is -3.79. The normalized spacial score (nSPS) is 12.6. The molecule has 0 aliphatic carbocycles. The number of benzene rings is 1. The van der Waals surface area contributed by atoms with Crippen LogP contribution >= 0.6 is 0 Å². The number of ether oxygens (including phenoxy) is 1. The van der Waals surface area contributed by atoms with E-state index in [4.69, 9.17) is 4.74 Å². The van der Waals surface area contributed by atoms with Crippen LogP contribution in [0.5, 0.6) is 0 Å². The molecule has 0 aliphatic rings. The third kappa shape index (κ3) is 6.51. The van der Waals surface area contributed by atoms with Crippen LogP contribution in [-0.2, 0) is 21.2 Å². The van der Waals surface area contributed by atoms with E-state index in [0.717, 1.165) is 3.97 Å². The number of rotatable bonds is 9. The average molecular weight is 528 g/mol. The van der Waals surface area contributed by atoms with E-state index >= 15 is 4.39 Å². The Labute approximate surface area is 216 Å². The summed E-state index contributed by atoms with van der Waals surface area (Å²) < 4.78 is 49.2. The summed E-state index contributed by atoms with van der Waals surface area (Å²) in [6, 6.07) is 9.01. The van der Waals surface area contributed by atoms with Crippen molar-refractivity contribution in [3.63, 3.8) is 0 Å². The van der Waals surface area contributed by atoms with Crippen LogP contribution in [0.4, 0.5) is 9.18 Å². The zero-order valence-corrected chi connectivity index (χ0v) is 22.0. The Balaban J connectivity index is 2.06. The topological polar surface area (TPSA) is 107 Å². The monoisotopic (exact) mass is 527 g/mol. The highest BCUT2D eigenvalue weighted by atomic mass is 32.2. The summed E-state index contributed by atoms with van der Waals surface area (Å²) in [7, 11) is -4.18. The van der Waals surface area contributed by atoms with Gasteiger partial charge in [0.2, 0.25) is 10.0 Å². The van der Waals surface area contributed by atoms with Crippen LogP contribution in [-0.4, -0.2) is 41.4 Å². The average Bonchev–Trinajstić information content (AvgIpc) is 3.23. The number of ketones is 1. The van der Waals surface area contributed by atoms with Gasteiger partial charge in [-0.1, -0.05) is 18.2 Å². The van der Waals surface area contributed by atoms with E-state index in [-0.39, 0.29) is 29.8 Å². The molecule has 37 heavy (non-hydrogen) atoms. The lowest BCUT2D eigenvalue weighted by Gasteiger charge is -2.19. The fourth-order valence-electron chi connectivity index (χ4n) is 3.76. The van der Waals surface area contributed by atoms with Gasteiger partial charge in [-0.2, -0.15) is 0 Å². The second kappa shape index (κ2) is 11.1. The number of aromatic nitrogens is 2. The fraction of sp³-hybridized carbons (Fsp3) is 0.296. The molecule has 0 saturated carbocycles. The summed E-state index contributed by atoms with van der Waals surface area (Å²) in [6.45, 7) is 10.3. The molecule has 0 aliphatic heterocycles. The molecule has 1 N–H and O–H groups in total. The standard InChI is InChI=1S/C27H30FN3O5S/c1-6-24(20-9-8-13-29-16-20)37(34,35)31-17-19(12-14-30-26(33)36-27(3,4)5)15-23(31)22-11-7-10-21(18(2)32)25(22)28/h6-11,13,15-17,24H,1,12,14H2,2-5H3,(H,30,33). The number of hydrogen-bond acceptors (Lipinski definition) is 6. The molecule has 2 aromatic heterocycles. The first-order valence-corrected chi connectivity index (χ1v) is 13.1. The number of Topliss-reactive ketones (excluding diaryl/α,β-unsaturated/α-hetero) is 1. The van der Waals surface area contributed by atoms with Crippen LogP contribution < -0.4 is 5.32 Å². The van der Waals surface area contributed by atoms with Gasteiger partial charge in [-0.05, 0) is 69.5 Å². The molecular formula is C27H30FN3O5S. The molecule has 1 atom stereocenters. The van der Waals surface area contributed by atoms with E-state index in [1.54, 1.807) is 32.9 Å². The van der Waals surface area contributed by atoms with Gasteiger partial charge in [0.1, 0.15) is 16.7 Å². The number of amides is 1. The molecule has 3 aromatic rings. The molecule has 0 bridgehead atoms. The van der Waals surface area contributed by atoms with Gasteiger partial charge in [0.15, 0.2) is 5.78 Å². The summed E-state index contributed by atoms with van der Waals surface area (Å²) in [4.78, 5) is 27.9. The third-order valence-electron chi connectivity index (χ3n) is 5.40. The highest BCUT2D eigenvalue weighted by Crippen LogP contribution is 2.33. The van der Waals surface area contributed by atoms with Crippen LogP contribution in [0, 0.1) is 5.82 Å². The zero-order chi connectivity index (χ0) is 27.4. The van der Waals surface area contributed by atoms with E-state index < -0.39 is 38.6 Å². The molecule has 0 saturated heterocycles. The first-order chi connectivity index (χ1) is 17.3. The van der Waals surface area contributed by atoms with Gasteiger partial charge in [-0.25, -0.2) is 21.6 Å². The van der Waals surface area contributed by atoms with Gasteiger partial charge in [-0.3, -0.25) is 9.78 Å². The van der Waals surface area contributed by atoms with Crippen LogP contribution in [0.2, 0.25) is 0 Å². The number of carbonyl (C=O) groups excluding carboxylic acids is 2. The summed E-state index contributed by atoms with van der Waals surface area (Å²) in [5.41, 5.74) is 0.1000. The number of nitrogens with one attached hydrogen (secondary N) is 1. The molecule has 3 rings (SSSR count). The maximum absolute atomic E-state index is 15.4. The van der Waals surface area contributed by atoms with Gasteiger partial charge < -0.3 is 10.1 Å². The van der Waals surface area contributed by atoms with Crippen LogP contribution in [0.3, 0.4) is 0 Å². The highest BCUT2D eigenvalue weighted by molar-refractivity contribution is 7.90. The molecule has 10 heteroatoms. The number of nitrogens with zero attached hydrogens (tertiary/aromatic N) is 2. The molecule has 1 amide bonds. The molecule has 1 aromatic carbocycles. The first kappa shape index (κ1) is 27.8. The zero-order valence-electron chi connectivity index (χ0n) is 21.2. The van der Waals surface area contributed by atoms with E-state index in [9.17, 15) is 18.0 Å². The predicted octanol–water partition coefficient (Wildman–Crippen LogP) is 5.06. The van der Waals surface area contributed by atoms with E-state index in [1.165, 1.54) is 55.9 Å². The Morgan fingerprint density at radius 1 is 1.24 bits per heavy atom. The number of hydrogen-bond donors (Lipinski definition) is 1. The van der Waals surface area contributed by atoms with Crippen molar-refractivity contribution in [3.8, 4) is 11.3 Å². The van der Waals surface area contributed by atoms with Crippen molar-refractivity contribution in [2.45, 2.75) is 45.0 Å². The summed E-state index contributed by atoms with van der Waals surface area (Å²) in [5.74, 6) is -1.30. The Morgan fingerprint density at radius 2 is 1.97 bits per heavy atom. The minimum absolute atomic E-state index is 0.0448. The van der Waals surface area contributed by atoms with Crippen molar-refractivity contribution in [2.75, 3.05) is 6.54 Å². The first-order valence-electron chi connectivity index (χ1n) is 11.6. The van der Waals surface area contributed by atoms with Gasteiger partial charge in [0.25, 0.3) is 0 Å². The predicted molar refractivity (Wildman–Crippen MR) is 139 cm³/mol. The van der Waals surface area contributed by atoms with Gasteiger partial charge in [0.05, 0.1) is 11.3 Å². The Kier molecular flexibility index (Phi) is 8.32. The minimum atomic E-state index is -4.18. The molecule has 196 valence electrons. The summed E-state index contributed by atoms with van der Waals surface area (Å²) in [5, 5.41) is 1.46. The molecule has 0 spiro atoms. The lowest BCUT2D eigenvalue weighted by Crippen LogP contribution is -2.33. The van der Waals surface area contributed by atoms with E-state index in [1.807, 2.05) is 0 Å². The lowest BCUT2D eigenvalue weighted by atomic mass is 10.0. The van der Waals surface area contributed by atoms with Crippen molar-refractivity contribution in [1.82, 2.24) is 14.3 Å². The smallest absolute Gasteiger partial charge is 0.407 e. The van der Waals surface area contributed by atoms with E-state index in [0.29, 0.717) is 11.1 Å². The maximum atomic E-state index is 15.4. The number of carbonyl (C=O) groups is 2. The lowest BCUT2D eigenvalue weighted by molar-refractivity contribution is 0.0528. The van der Waals surface area contributed by atoms with Gasteiger partial charge in [-0.15, -0.1) is 6.58 Å². The van der Waals surface area contributed by atoms with Crippen LogP contribution in [0.15, 0.2) is 67.6 Å². The molecule has 0 radical (unpaired) electrons. The third-order valence-corrected chi connectivity index (χ3v) is 7.36. The number of pyridine rings is 1. The maximum Gasteiger partial charge on any atom is 0.407 e. The second-order valence-electron chi connectivity index (χ2n) is 9.42. The fourth-order valence-corrected chi connectivity index (χ4v) is 5.44. The Morgan fingerprint density at radius 3 is 2.57 bits per heavy atom. The number of alkyl carbamates (subject to hydrolysis) is 1. The van der Waals surface area contributed by atoms with Crippen molar-refractivity contribution < 1.29 is 27.1 Å². The van der Waals surface area contributed by atoms with E-state index in [2.05, 4.69) is 16.9 Å². The SMILES string of the molecule is C=CC(c1cccnc1)S(=O)(=O)n1cc(CCNC(=O)OC(C)(C)C)cc1-c1cccc(C(C)=O)c1F. The molecule has 1 unspecified atom stereocenters. The largest absolute Gasteiger partial charge is 0.444 e. The van der Waals surface area contributed by atoms with Gasteiger partial charge >= 0.3 is 6.09 Å². The second-order valence-corrected chi connectivity index (χ2v) is 11.4. The van der Waals surface area contributed by atoms with Gasteiger partial charge in [0, 0.05) is 30.7 Å². The summed E-state index contributed by atoms with van der Waals surface area (Å²) in [6.07, 6.45) is 5.25. The highest BCUT2D eigenvalue weighted by Gasteiger charge is 2.30. The van der Waals surface area contributed by atoms with Crippen molar-refractivity contribution in [2.24, 2.45) is 0 Å². The van der Waals surface area contributed by atoms with Crippen molar-refractivity contribution in [3.05, 3.63) is 90.2 Å². The quantitative estimate of drug-likeness (QED) is 0.308. The van der Waals surface area contributed by atoms with Crippen LogP contribution in [0.25, 0.3) is 11.3 Å². The summed E-state index contributed by atoms with van der Waals surface area (Å²) >= 11 is 0. The Bertz CT molecular complexity index is 1410. The van der Waals surface area contributed by atoms with Crippen molar-refractivity contribution in [1.29, 1.82) is 0 Å². The minimum Gasteiger partial charge on any atom is -0.444 e. The molecular weight excluding hydrogens is 497 g/mol. The molecule has 0 fully saturated rings. The van der Waals surface area contributed by atoms with Crippen LogP contribution in [0.1, 0.15) is 54.4 Å². The molecule has 2 heterocycles. The van der Waals surface area contributed by atoms with Crippen molar-refractivity contribution >= 4 is 21.9 Å². The molecule has 8 nitrogen and oxygen atoms in total. The number of halogens is 1.